The van der Waals surface area contributed by atoms with Crippen LogP contribution in [0.1, 0.15) is 385 Å². The van der Waals surface area contributed by atoms with Crippen molar-refractivity contribution >= 4 is 31.7 Å². The molecular weight excluding hydrogens is 1130 g/mol. The topological polar surface area (TPSA) is 47.6 Å². The molecule has 0 aromatic carbocycles. The SMILES string of the molecule is C1CCC(P(C2CCCCC2)C2CCCCC2)CC1.C1CCC(P(C2CCCCC2)C2CCCCC2)CC1.C1CCC(P(C2CCCCC2)C2CCCCC2)CC1.C1CCC(P(C2CCCCC2)C2CCCCC2)CC1.N#N.[Ni].[Ni]. The summed E-state index contributed by atoms with van der Waals surface area (Å²) in [6.45, 7) is 0. The Morgan fingerprint density at radius 1 is 0.125 bits per heavy atom. The van der Waals surface area contributed by atoms with Gasteiger partial charge >= 0.3 is 0 Å². The van der Waals surface area contributed by atoms with Crippen LogP contribution >= 0.6 is 31.7 Å². The molecule has 0 atom stereocenters. The predicted molar refractivity (Wildman–Crippen MR) is 354 cm³/mol. The average molecular weight is 1270 g/mol. The van der Waals surface area contributed by atoms with Crippen molar-refractivity contribution in [2.24, 2.45) is 0 Å². The Hall–Kier alpha value is 2.13. The van der Waals surface area contributed by atoms with E-state index in [1.807, 2.05) is 0 Å². The molecule has 12 aliphatic rings. The van der Waals surface area contributed by atoms with E-state index in [1.165, 1.54) is 145 Å². The number of hydrogen-bond acceptors (Lipinski definition) is 2. The zero-order valence-corrected chi connectivity index (χ0v) is 58.2. The Labute approximate surface area is 524 Å². The zero-order valence-electron chi connectivity index (χ0n) is 52.7. The molecule has 12 fully saturated rings. The summed E-state index contributed by atoms with van der Waals surface area (Å²) >= 11 is 0. The summed E-state index contributed by atoms with van der Waals surface area (Å²) in [5, 5.41) is 12.0. The molecule has 0 N–H and O–H groups in total. The average Bonchev–Trinajstić information content (AvgIpc) is 3.54. The fourth-order valence-electron chi connectivity index (χ4n) is 20.1. The van der Waals surface area contributed by atoms with E-state index in [2.05, 4.69) is 0 Å². The van der Waals surface area contributed by atoms with Crippen molar-refractivity contribution in [2.45, 2.75) is 453 Å². The van der Waals surface area contributed by atoms with E-state index in [0.29, 0.717) is 31.7 Å². The molecule has 0 amide bonds. The molecule has 8 heteroatoms. The molecule has 470 valence electrons. The second kappa shape index (κ2) is 42.9. The van der Waals surface area contributed by atoms with Crippen LogP contribution < -0.4 is 0 Å². The molecule has 0 spiro atoms. The van der Waals surface area contributed by atoms with E-state index < -0.39 is 0 Å². The van der Waals surface area contributed by atoms with Crippen molar-refractivity contribution in [3.8, 4) is 0 Å². The van der Waals surface area contributed by atoms with Gasteiger partial charge in [-0.3, -0.25) is 0 Å². The first-order valence-corrected chi connectivity index (χ1v) is 43.3. The molecule has 0 aliphatic heterocycles. The molecule has 0 aromatic heterocycles. The quantitative estimate of drug-likeness (QED) is 0.111. The summed E-state index contributed by atoms with van der Waals surface area (Å²) in [6.07, 6.45) is 94.5. The third kappa shape index (κ3) is 23.5. The van der Waals surface area contributed by atoms with Gasteiger partial charge in [-0.1, -0.05) is 263 Å². The third-order valence-electron chi connectivity index (χ3n) is 24.0. The molecule has 80 heavy (non-hydrogen) atoms. The Bertz CT molecular complexity index is 1090. The van der Waals surface area contributed by atoms with Gasteiger partial charge in [-0.25, -0.2) is 0 Å². The van der Waals surface area contributed by atoms with Crippen molar-refractivity contribution in [3.63, 3.8) is 0 Å². The summed E-state index contributed by atoms with van der Waals surface area (Å²) in [5.41, 5.74) is 14.3. The van der Waals surface area contributed by atoms with Crippen molar-refractivity contribution < 1.29 is 33.0 Å². The minimum absolute atomic E-state index is 0. The van der Waals surface area contributed by atoms with Crippen LogP contribution in [0.25, 0.3) is 0 Å². The molecule has 12 rings (SSSR count). The largest absolute Gasteiger partial charge is 0.0971 e. The van der Waals surface area contributed by atoms with Gasteiger partial charge in [0.25, 0.3) is 0 Å². The van der Waals surface area contributed by atoms with Crippen molar-refractivity contribution in [2.75, 3.05) is 0 Å². The van der Waals surface area contributed by atoms with Crippen LogP contribution in [0.2, 0.25) is 0 Å². The maximum atomic E-state index is 6.00. The minimum atomic E-state index is 0. The van der Waals surface area contributed by atoms with Crippen LogP contribution in [0.5, 0.6) is 0 Å². The molecule has 0 bridgehead atoms. The van der Waals surface area contributed by atoms with Crippen LogP contribution in [-0.4, -0.2) is 67.9 Å². The van der Waals surface area contributed by atoms with Gasteiger partial charge in [0.2, 0.25) is 0 Å². The molecule has 0 heterocycles. The Morgan fingerprint density at radius 2 is 0.188 bits per heavy atom. The maximum absolute atomic E-state index is 6.00. The monoisotopic (exact) mass is 1260 g/mol. The molecule has 0 aromatic rings. The summed E-state index contributed by atoms with van der Waals surface area (Å²) in [4.78, 5) is 0. The summed E-state index contributed by atoms with van der Waals surface area (Å²) in [6, 6.07) is 0. The second-order valence-corrected chi connectivity index (χ2v) is 41.6. The fourth-order valence-corrected chi connectivity index (χ4v) is 38.8. The first-order chi connectivity index (χ1) is 38.8. The Balaban J connectivity index is 0.000000169. The van der Waals surface area contributed by atoms with Gasteiger partial charge in [-0.15, -0.1) is 0 Å². The number of rotatable bonds is 12. The van der Waals surface area contributed by atoms with E-state index in [9.17, 15) is 0 Å². The molecule has 0 radical (unpaired) electrons. The second-order valence-electron chi connectivity index (χ2n) is 29.3. The van der Waals surface area contributed by atoms with Gasteiger partial charge in [-0.2, -0.15) is 0 Å². The normalized spacial score (nSPS) is 27.5. The van der Waals surface area contributed by atoms with Crippen LogP contribution in [-0.2, 0) is 33.0 Å². The summed E-state index contributed by atoms with van der Waals surface area (Å²) in [5.74, 6) is 0. The van der Waals surface area contributed by atoms with Crippen molar-refractivity contribution in [1.82, 2.24) is 0 Å². The molecule has 12 saturated carbocycles. The Morgan fingerprint density at radius 3 is 0.250 bits per heavy atom. The summed E-state index contributed by atoms with van der Waals surface area (Å²) in [7, 11) is 1.54. The molecule has 0 unspecified atom stereocenters. The van der Waals surface area contributed by atoms with Crippen LogP contribution in [0.15, 0.2) is 0 Å². The van der Waals surface area contributed by atoms with Gasteiger partial charge in [0.1, 0.15) is 0 Å². The van der Waals surface area contributed by atoms with E-state index in [4.69, 9.17) is 10.8 Å². The van der Waals surface area contributed by atoms with Gasteiger partial charge in [-0.05, 0) is 222 Å². The standard InChI is InChI=1S/4C18H33P.N2.2Ni/c4*1-4-10-16(11-5-1)19(17-12-6-2-7-13-17)18-14-8-3-9-15-18;1-2;;/h4*16-18H,1-15H2;;;. The van der Waals surface area contributed by atoms with Gasteiger partial charge in [0, 0.05) is 43.8 Å². The smallest absolute Gasteiger partial charge is 0 e. The predicted octanol–water partition coefficient (Wildman–Crippen LogP) is 25.9. The molecular formula is C72H132N2Ni2P4. The van der Waals surface area contributed by atoms with E-state index in [0.717, 1.165) is 0 Å². The van der Waals surface area contributed by atoms with Gasteiger partial charge in [0.15, 0.2) is 0 Å². The summed E-state index contributed by atoms with van der Waals surface area (Å²) < 4.78 is 0. The molecule has 0 saturated heterocycles. The van der Waals surface area contributed by atoms with E-state index in [-0.39, 0.29) is 33.0 Å². The zero-order chi connectivity index (χ0) is 53.7. The van der Waals surface area contributed by atoms with Crippen LogP contribution in [0, 0.1) is 10.8 Å². The van der Waals surface area contributed by atoms with E-state index in [1.54, 1.807) is 308 Å². The molecule has 12 aliphatic carbocycles. The van der Waals surface area contributed by atoms with E-state index >= 15 is 0 Å². The van der Waals surface area contributed by atoms with Crippen molar-refractivity contribution in [1.29, 1.82) is 10.8 Å². The Kier molecular flexibility index (Phi) is 38.2. The van der Waals surface area contributed by atoms with Gasteiger partial charge < -0.3 is 0 Å². The number of nitrogens with zero attached hydrogens (tertiary/aromatic N) is 2. The fraction of sp³-hybridized carbons (Fsp3) is 1.00. The first kappa shape index (κ1) is 71.2. The molecule has 2 nitrogen and oxygen atoms in total. The van der Waals surface area contributed by atoms with Gasteiger partial charge in [0.05, 0.1) is 0 Å². The maximum Gasteiger partial charge on any atom is 0 e. The third-order valence-corrected chi connectivity index (χ3v) is 40.3. The number of hydrogen-bond donors (Lipinski definition) is 0. The van der Waals surface area contributed by atoms with Crippen LogP contribution in [0.4, 0.5) is 0 Å². The minimum Gasteiger partial charge on any atom is -0.0971 e. The van der Waals surface area contributed by atoms with Crippen LogP contribution in [0.3, 0.4) is 0 Å². The first-order valence-electron chi connectivity index (χ1n) is 37.1. The van der Waals surface area contributed by atoms with Crippen molar-refractivity contribution in [3.05, 3.63) is 0 Å².